The van der Waals surface area contributed by atoms with Crippen molar-refractivity contribution in [1.29, 1.82) is 0 Å². The topological polar surface area (TPSA) is 49.5 Å². The van der Waals surface area contributed by atoms with Crippen molar-refractivity contribution < 1.29 is 5.11 Å². The molecule has 0 aliphatic carbocycles. The molecule has 98 valence electrons. The van der Waals surface area contributed by atoms with E-state index in [0.29, 0.717) is 5.75 Å². The van der Waals surface area contributed by atoms with E-state index in [1.165, 1.54) is 16.1 Å². The molecule has 0 fully saturated rings. The number of phenols is 1. The molecule has 0 aromatic heterocycles. The normalized spacial score (nSPS) is 14.2. The molecule has 0 saturated heterocycles. The standard InChI is InChI=1S/C15H16N2OS/c16-12-3-6-15-14(9-12)17(7-8-19-15)10-11-1-4-13(18)5-2-11/h1-6,9,18H,7-8,10,16H2. The molecule has 0 radical (unpaired) electrons. The number of fused-ring (bicyclic) bond motifs is 1. The number of thioether (sulfide) groups is 1. The van der Waals surface area contributed by atoms with Gasteiger partial charge in [-0.25, -0.2) is 0 Å². The van der Waals surface area contributed by atoms with E-state index in [0.717, 1.165) is 24.5 Å². The molecular formula is C15H16N2OS. The van der Waals surface area contributed by atoms with Gasteiger partial charge in [-0.3, -0.25) is 0 Å². The zero-order valence-electron chi connectivity index (χ0n) is 10.5. The van der Waals surface area contributed by atoms with E-state index >= 15 is 0 Å². The van der Waals surface area contributed by atoms with E-state index in [-0.39, 0.29) is 0 Å². The average molecular weight is 272 g/mol. The quantitative estimate of drug-likeness (QED) is 0.825. The molecule has 0 spiro atoms. The number of hydrogen-bond acceptors (Lipinski definition) is 4. The van der Waals surface area contributed by atoms with E-state index in [4.69, 9.17) is 5.73 Å². The Morgan fingerprint density at radius 3 is 2.74 bits per heavy atom. The lowest BCUT2D eigenvalue weighted by molar-refractivity contribution is 0.475. The van der Waals surface area contributed by atoms with Gasteiger partial charge in [-0.05, 0) is 35.9 Å². The molecule has 3 N–H and O–H groups in total. The lowest BCUT2D eigenvalue weighted by atomic mass is 10.2. The first kappa shape index (κ1) is 12.2. The van der Waals surface area contributed by atoms with Crippen molar-refractivity contribution in [2.24, 2.45) is 0 Å². The third-order valence-corrected chi connectivity index (χ3v) is 4.30. The molecular weight excluding hydrogens is 256 g/mol. The number of phenolic OH excluding ortho intramolecular Hbond substituents is 1. The fourth-order valence-electron chi connectivity index (χ4n) is 2.28. The van der Waals surface area contributed by atoms with Gasteiger partial charge in [0.05, 0.1) is 5.69 Å². The van der Waals surface area contributed by atoms with Gasteiger partial charge in [-0.1, -0.05) is 12.1 Å². The Balaban J connectivity index is 1.87. The maximum Gasteiger partial charge on any atom is 0.115 e. The third-order valence-electron chi connectivity index (χ3n) is 3.25. The monoisotopic (exact) mass is 272 g/mol. The van der Waals surface area contributed by atoms with Crippen molar-refractivity contribution in [3.8, 4) is 5.75 Å². The second kappa shape index (κ2) is 5.05. The third kappa shape index (κ3) is 2.63. The first-order chi connectivity index (χ1) is 9.22. The maximum absolute atomic E-state index is 9.32. The summed E-state index contributed by atoms with van der Waals surface area (Å²) in [5, 5.41) is 9.32. The Hall–Kier alpha value is -1.81. The van der Waals surface area contributed by atoms with Crippen molar-refractivity contribution in [2.45, 2.75) is 11.4 Å². The summed E-state index contributed by atoms with van der Waals surface area (Å²) in [5.74, 6) is 1.40. The fraction of sp³-hybridized carbons (Fsp3) is 0.200. The van der Waals surface area contributed by atoms with Crippen LogP contribution >= 0.6 is 11.8 Å². The van der Waals surface area contributed by atoms with Gasteiger partial charge < -0.3 is 15.7 Å². The molecule has 1 aliphatic heterocycles. The first-order valence-electron chi connectivity index (χ1n) is 6.27. The molecule has 0 atom stereocenters. The van der Waals surface area contributed by atoms with Crippen LogP contribution in [0.4, 0.5) is 11.4 Å². The van der Waals surface area contributed by atoms with Crippen LogP contribution in [-0.2, 0) is 6.54 Å². The summed E-state index contributed by atoms with van der Waals surface area (Å²) in [5.41, 5.74) is 9.10. The number of benzene rings is 2. The van der Waals surface area contributed by atoms with E-state index in [1.54, 1.807) is 12.1 Å². The minimum absolute atomic E-state index is 0.308. The van der Waals surface area contributed by atoms with Crippen molar-refractivity contribution in [3.63, 3.8) is 0 Å². The number of nitrogens with zero attached hydrogens (tertiary/aromatic N) is 1. The average Bonchev–Trinajstić information content (AvgIpc) is 2.42. The van der Waals surface area contributed by atoms with E-state index in [2.05, 4.69) is 11.0 Å². The van der Waals surface area contributed by atoms with Crippen LogP contribution in [0.5, 0.6) is 5.75 Å². The van der Waals surface area contributed by atoms with Crippen LogP contribution in [-0.4, -0.2) is 17.4 Å². The lowest BCUT2D eigenvalue weighted by Gasteiger charge is -2.31. The van der Waals surface area contributed by atoms with E-state index in [9.17, 15) is 5.11 Å². The van der Waals surface area contributed by atoms with Gasteiger partial charge in [0.15, 0.2) is 0 Å². The van der Waals surface area contributed by atoms with Gasteiger partial charge >= 0.3 is 0 Å². The number of hydrogen-bond donors (Lipinski definition) is 2. The fourth-order valence-corrected chi connectivity index (χ4v) is 3.31. The Labute approximate surface area is 117 Å². The van der Waals surface area contributed by atoms with Crippen LogP contribution in [0.2, 0.25) is 0 Å². The minimum atomic E-state index is 0.308. The number of rotatable bonds is 2. The SMILES string of the molecule is Nc1ccc2c(c1)N(Cc1ccc(O)cc1)CCS2. The number of aromatic hydroxyl groups is 1. The molecule has 0 amide bonds. The second-order valence-electron chi connectivity index (χ2n) is 4.66. The minimum Gasteiger partial charge on any atom is -0.508 e. The van der Waals surface area contributed by atoms with Crippen LogP contribution in [0.1, 0.15) is 5.56 Å². The van der Waals surface area contributed by atoms with Gasteiger partial charge in [0, 0.05) is 29.4 Å². The molecule has 1 heterocycles. The van der Waals surface area contributed by atoms with Crippen molar-refractivity contribution >= 4 is 23.1 Å². The lowest BCUT2D eigenvalue weighted by Crippen LogP contribution is -2.28. The van der Waals surface area contributed by atoms with Crippen LogP contribution in [0.25, 0.3) is 0 Å². The number of anilines is 2. The summed E-state index contributed by atoms with van der Waals surface area (Å²) in [6.07, 6.45) is 0. The smallest absolute Gasteiger partial charge is 0.115 e. The van der Waals surface area contributed by atoms with Gasteiger partial charge in [-0.15, -0.1) is 11.8 Å². The Bertz CT molecular complexity index is 583. The molecule has 2 aromatic rings. The van der Waals surface area contributed by atoms with Gasteiger partial charge in [0.2, 0.25) is 0 Å². The zero-order chi connectivity index (χ0) is 13.2. The maximum atomic E-state index is 9.32. The summed E-state index contributed by atoms with van der Waals surface area (Å²) < 4.78 is 0. The molecule has 0 saturated carbocycles. The largest absolute Gasteiger partial charge is 0.508 e. The van der Waals surface area contributed by atoms with Crippen LogP contribution < -0.4 is 10.6 Å². The summed E-state index contributed by atoms with van der Waals surface area (Å²) in [4.78, 5) is 3.63. The summed E-state index contributed by atoms with van der Waals surface area (Å²) >= 11 is 1.88. The zero-order valence-corrected chi connectivity index (χ0v) is 11.4. The number of nitrogens with two attached hydrogens (primary N) is 1. The highest BCUT2D eigenvalue weighted by molar-refractivity contribution is 7.99. The molecule has 3 rings (SSSR count). The highest BCUT2D eigenvalue weighted by Crippen LogP contribution is 2.36. The summed E-state index contributed by atoms with van der Waals surface area (Å²) in [6.45, 7) is 1.86. The summed E-state index contributed by atoms with van der Waals surface area (Å²) in [6, 6.07) is 13.5. The van der Waals surface area contributed by atoms with Crippen molar-refractivity contribution in [3.05, 3.63) is 48.0 Å². The van der Waals surface area contributed by atoms with E-state index < -0.39 is 0 Å². The van der Waals surface area contributed by atoms with Gasteiger partial charge in [0.1, 0.15) is 5.75 Å². The van der Waals surface area contributed by atoms with Crippen molar-refractivity contribution in [1.82, 2.24) is 0 Å². The van der Waals surface area contributed by atoms with Crippen LogP contribution in [0, 0.1) is 0 Å². The number of nitrogen functional groups attached to an aromatic ring is 1. The molecule has 19 heavy (non-hydrogen) atoms. The second-order valence-corrected chi connectivity index (χ2v) is 5.80. The van der Waals surface area contributed by atoms with E-state index in [1.807, 2.05) is 36.0 Å². The van der Waals surface area contributed by atoms with Crippen LogP contribution in [0.3, 0.4) is 0 Å². The van der Waals surface area contributed by atoms with Crippen molar-refractivity contribution in [2.75, 3.05) is 22.9 Å². The Kier molecular flexibility index (Phi) is 3.25. The predicted octanol–water partition coefficient (Wildman–Crippen LogP) is 3.09. The highest BCUT2D eigenvalue weighted by Gasteiger charge is 2.17. The van der Waals surface area contributed by atoms with Crippen LogP contribution in [0.15, 0.2) is 47.4 Å². The molecule has 0 bridgehead atoms. The Morgan fingerprint density at radius 2 is 1.95 bits per heavy atom. The molecule has 3 nitrogen and oxygen atoms in total. The first-order valence-corrected chi connectivity index (χ1v) is 7.26. The summed E-state index contributed by atoms with van der Waals surface area (Å²) in [7, 11) is 0. The predicted molar refractivity (Wildman–Crippen MR) is 80.7 cm³/mol. The highest BCUT2D eigenvalue weighted by atomic mass is 32.2. The van der Waals surface area contributed by atoms with Gasteiger partial charge in [0.25, 0.3) is 0 Å². The molecule has 0 unspecified atom stereocenters. The molecule has 2 aromatic carbocycles. The van der Waals surface area contributed by atoms with Gasteiger partial charge in [-0.2, -0.15) is 0 Å². The molecule has 4 heteroatoms. The molecule has 1 aliphatic rings. The Morgan fingerprint density at radius 1 is 1.16 bits per heavy atom.